The zero-order chi connectivity index (χ0) is 24.0. The van der Waals surface area contributed by atoms with Gasteiger partial charge >= 0.3 is 0 Å². The smallest absolute Gasteiger partial charge is 0.254 e. The van der Waals surface area contributed by atoms with Gasteiger partial charge in [-0.1, -0.05) is 60.5 Å². The molecule has 3 aromatic rings. The molecule has 1 heterocycles. The Balaban J connectivity index is 1.87. The molecule has 174 valence electrons. The first-order valence-corrected chi connectivity index (χ1v) is 11.7. The molecule has 5 nitrogen and oxygen atoms in total. The summed E-state index contributed by atoms with van der Waals surface area (Å²) in [7, 11) is 1.96. The van der Waals surface area contributed by atoms with Crippen LogP contribution in [0.1, 0.15) is 41.9 Å². The van der Waals surface area contributed by atoms with Crippen LogP contribution < -0.4 is 0 Å². The van der Waals surface area contributed by atoms with Gasteiger partial charge in [0.05, 0.1) is 6.54 Å². The molecule has 1 atom stereocenters. The van der Waals surface area contributed by atoms with Crippen LogP contribution in [-0.4, -0.2) is 38.8 Å². The second-order valence-electron chi connectivity index (χ2n) is 8.19. The average molecular weight is 486 g/mol. The van der Waals surface area contributed by atoms with Crippen molar-refractivity contribution in [2.24, 2.45) is 7.05 Å². The Bertz CT molecular complexity index is 1080. The normalized spacial score (nSPS) is 11.8. The summed E-state index contributed by atoms with van der Waals surface area (Å²) in [5.74, 6) is -0.387. The van der Waals surface area contributed by atoms with Gasteiger partial charge in [-0.2, -0.15) is 0 Å². The van der Waals surface area contributed by atoms with Crippen molar-refractivity contribution < 1.29 is 9.59 Å². The van der Waals surface area contributed by atoms with E-state index in [4.69, 9.17) is 23.2 Å². The third kappa shape index (κ3) is 6.62. The van der Waals surface area contributed by atoms with E-state index in [1.54, 1.807) is 28.0 Å². The number of hydrogen-bond donors (Lipinski definition) is 0. The first-order valence-electron chi connectivity index (χ1n) is 11.0. The minimum Gasteiger partial charge on any atom is -0.353 e. The predicted octanol–water partition coefficient (Wildman–Crippen LogP) is 5.80. The molecule has 33 heavy (non-hydrogen) atoms. The highest BCUT2D eigenvalue weighted by Gasteiger charge is 2.26. The third-order valence-electron chi connectivity index (χ3n) is 5.77. The second kappa shape index (κ2) is 11.4. The molecule has 0 N–H and O–H groups in total. The van der Waals surface area contributed by atoms with E-state index in [2.05, 4.69) is 0 Å². The van der Waals surface area contributed by atoms with Gasteiger partial charge in [-0.3, -0.25) is 9.59 Å². The van der Waals surface area contributed by atoms with E-state index in [1.807, 2.05) is 74.1 Å². The van der Waals surface area contributed by atoms with Gasteiger partial charge in [-0.15, -0.1) is 0 Å². The standard InChI is InChI=1S/C26H29Cl2N3O2/c1-4-19(2)31(26(33)21-13-22(27)15-23(28)14-21)18-25(32)30(16-20-9-6-5-7-10-20)17-24-11-8-12-29(24)3/h5-15,19H,4,16-18H2,1-3H3. The molecular weight excluding hydrogens is 457 g/mol. The number of amides is 2. The fraction of sp³-hybridized carbons (Fsp3) is 0.308. The monoisotopic (exact) mass is 485 g/mol. The molecule has 7 heteroatoms. The summed E-state index contributed by atoms with van der Waals surface area (Å²) in [5.41, 5.74) is 2.42. The van der Waals surface area contributed by atoms with Crippen molar-refractivity contribution in [2.45, 2.75) is 39.4 Å². The highest BCUT2D eigenvalue weighted by molar-refractivity contribution is 6.35. The van der Waals surface area contributed by atoms with Crippen LogP contribution in [0.2, 0.25) is 10.0 Å². The number of hydrogen-bond acceptors (Lipinski definition) is 2. The van der Waals surface area contributed by atoms with Crippen molar-refractivity contribution >= 4 is 35.0 Å². The van der Waals surface area contributed by atoms with Crippen LogP contribution in [0.5, 0.6) is 0 Å². The van der Waals surface area contributed by atoms with Crippen LogP contribution in [0.3, 0.4) is 0 Å². The quantitative estimate of drug-likeness (QED) is 0.384. The largest absolute Gasteiger partial charge is 0.353 e. The maximum Gasteiger partial charge on any atom is 0.254 e. The van der Waals surface area contributed by atoms with Gasteiger partial charge in [0.1, 0.15) is 6.54 Å². The van der Waals surface area contributed by atoms with E-state index < -0.39 is 0 Å². The maximum absolute atomic E-state index is 13.6. The minimum atomic E-state index is -0.263. The first-order chi connectivity index (χ1) is 15.8. The number of nitrogens with zero attached hydrogens (tertiary/aromatic N) is 3. The fourth-order valence-electron chi connectivity index (χ4n) is 3.63. The van der Waals surface area contributed by atoms with Gasteiger partial charge in [0, 0.05) is 47.1 Å². The Hall–Kier alpha value is -2.76. The lowest BCUT2D eigenvalue weighted by Crippen LogP contribution is -2.46. The van der Waals surface area contributed by atoms with E-state index in [0.717, 1.165) is 11.3 Å². The molecule has 0 saturated heterocycles. The summed E-state index contributed by atoms with van der Waals surface area (Å²) in [5, 5.41) is 0.770. The first kappa shape index (κ1) is 24.9. The molecule has 0 aliphatic rings. The SMILES string of the molecule is CCC(C)N(CC(=O)N(Cc1ccccc1)Cc1cccn1C)C(=O)c1cc(Cl)cc(Cl)c1. The second-order valence-corrected chi connectivity index (χ2v) is 9.07. The van der Waals surface area contributed by atoms with E-state index in [0.29, 0.717) is 35.1 Å². The predicted molar refractivity (Wildman–Crippen MR) is 133 cm³/mol. The number of rotatable bonds is 9. The van der Waals surface area contributed by atoms with Crippen LogP contribution in [0.25, 0.3) is 0 Å². The molecule has 2 aromatic carbocycles. The summed E-state index contributed by atoms with van der Waals surface area (Å²) in [6, 6.07) is 18.4. The summed E-state index contributed by atoms with van der Waals surface area (Å²) in [6.07, 6.45) is 2.67. The van der Waals surface area contributed by atoms with E-state index in [1.165, 1.54) is 0 Å². The van der Waals surface area contributed by atoms with E-state index in [-0.39, 0.29) is 24.4 Å². The van der Waals surface area contributed by atoms with Gasteiger partial charge in [0.2, 0.25) is 5.91 Å². The number of carbonyl (C=O) groups excluding carboxylic acids is 2. The number of halogens is 2. The zero-order valence-corrected chi connectivity index (χ0v) is 20.7. The molecule has 0 aliphatic carbocycles. The lowest BCUT2D eigenvalue weighted by Gasteiger charge is -2.31. The lowest BCUT2D eigenvalue weighted by atomic mass is 10.1. The third-order valence-corrected chi connectivity index (χ3v) is 6.21. The molecular formula is C26H29Cl2N3O2. The molecule has 0 spiro atoms. The summed E-state index contributed by atoms with van der Waals surface area (Å²) in [6.45, 7) is 4.80. The zero-order valence-electron chi connectivity index (χ0n) is 19.2. The van der Waals surface area contributed by atoms with Gasteiger partial charge < -0.3 is 14.4 Å². The number of carbonyl (C=O) groups is 2. The summed E-state index contributed by atoms with van der Waals surface area (Å²) < 4.78 is 2.00. The summed E-state index contributed by atoms with van der Waals surface area (Å²) >= 11 is 12.2. The maximum atomic E-state index is 13.6. The van der Waals surface area contributed by atoms with Crippen molar-refractivity contribution in [1.82, 2.24) is 14.4 Å². The molecule has 2 amide bonds. The van der Waals surface area contributed by atoms with Crippen LogP contribution in [-0.2, 0) is 24.9 Å². The molecule has 1 aromatic heterocycles. The van der Waals surface area contributed by atoms with Crippen molar-refractivity contribution in [2.75, 3.05) is 6.54 Å². The van der Waals surface area contributed by atoms with Gasteiger partial charge in [0.25, 0.3) is 5.91 Å². The van der Waals surface area contributed by atoms with Gasteiger partial charge in [0.15, 0.2) is 0 Å². The van der Waals surface area contributed by atoms with Crippen LogP contribution in [0.4, 0.5) is 0 Å². The van der Waals surface area contributed by atoms with Gasteiger partial charge in [-0.25, -0.2) is 0 Å². The molecule has 0 bridgehead atoms. The molecule has 0 aliphatic heterocycles. The van der Waals surface area contributed by atoms with Gasteiger partial charge in [-0.05, 0) is 49.2 Å². The average Bonchev–Trinajstić information content (AvgIpc) is 3.20. The van der Waals surface area contributed by atoms with E-state index in [9.17, 15) is 9.59 Å². The Morgan fingerprint density at radius 1 is 0.970 bits per heavy atom. The highest BCUT2D eigenvalue weighted by atomic mass is 35.5. The Labute approximate surface area is 205 Å². The van der Waals surface area contributed by atoms with E-state index >= 15 is 0 Å². The molecule has 0 radical (unpaired) electrons. The number of benzene rings is 2. The number of aryl methyl sites for hydroxylation is 1. The molecule has 0 fully saturated rings. The molecule has 0 saturated carbocycles. The topological polar surface area (TPSA) is 45.6 Å². The highest BCUT2D eigenvalue weighted by Crippen LogP contribution is 2.22. The van der Waals surface area contributed by atoms with Crippen molar-refractivity contribution in [3.8, 4) is 0 Å². The van der Waals surface area contributed by atoms with Crippen LogP contribution >= 0.6 is 23.2 Å². The van der Waals surface area contributed by atoms with Crippen molar-refractivity contribution in [1.29, 1.82) is 0 Å². The van der Waals surface area contributed by atoms with Crippen molar-refractivity contribution in [3.63, 3.8) is 0 Å². The minimum absolute atomic E-state index is 0.0325. The Morgan fingerprint density at radius 2 is 1.64 bits per heavy atom. The lowest BCUT2D eigenvalue weighted by molar-refractivity contribution is -0.133. The van der Waals surface area contributed by atoms with Crippen LogP contribution in [0.15, 0.2) is 66.9 Å². The molecule has 1 unspecified atom stereocenters. The Kier molecular flexibility index (Phi) is 8.59. The fourth-order valence-corrected chi connectivity index (χ4v) is 4.16. The number of aromatic nitrogens is 1. The summed E-state index contributed by atoms with van der Waals surface area (Å²) in [4.78, 5) is 30.3. The Morgan fingerprint density at radius 3 is 2.21 bits per heavy atom. The van der Waals surface area contributed by atoms with Crippen LogP contribution in [0, 0.1) is 0 Å². The molecule has 3 rings (SSSR count). The van der Waals surface area contributed by atoms with Crippen molar-refractivity contribution in [3.05, 3.63) is 93.7 Å².